The summed E-state index contributed by atoms with van der Waals surface area (Å²) >= 11 is 0. The largest absolute Gasteiger partial charge is 0.337 e. The van der Waals surface area contributed by atoms with Crippen LogP contribution in [0.5, 0.6) is 0 Å². The molecule has 1 aliphatic carbocycles. The molecule has 2 unspecified atom stereocenters. The molecule has 116 valence electrons. The van der Waals surface area contributed by atoms with Gasteiger partial charge in [-0.25, -0.2) is 0 Å². The summed E-state index contributed by atoms with van der Waals surface area (Å²) in [6, 6.07) is 2.92. The fraction of sp³-hybridized carbons (Fsp3) is 0.875. The topological polar surface area (TPSA) is 68.2 Å². The molecule has 1 saturated carbocycles. The van der Waals surface area contributed by atoms with Crippen LogP contribution >= 0.6 is 0 Å². The average molecular weight is 290 g/mol. The maximum atomic E-state index is 12.3. The van der Waals surface area contributed by atoms with E-state index in [9.17, 15) is 10.1 Å². The molecule has 0 aromatic rings. The summed E-state index contributed by atoms with van der Waals surface area (Å²) in [4.78, 5) is 14.6. The standard InChI is InChI=1S/C16H26N4O/c17-12-16(6-2-1-3-7-16)19-15(21)11-20-9-13-5-4-8-18-14(13)10-20/h13-14,18H,1-11H2,(H,19,21). The quantitative estimate of drug-likeness (QED) is 0.814. The van der Waals surface area contributed by atoms with Crippen LogP contribution in [0.15, 0.2) is 0 Å². The molecule has 0 bridgehead atoms. The number of carbonyl (C=O) groups excluding carboxylic acids is 1. The van der Waals surface area contributed by atoms with Crippen molar-refractivity contribution in [2.45, 2.75) is 56.5 Å². The Hall–Kier alpha value is -1.12. The number of carbonyl (C=O) groups is 1. The van der Waals surface area contributed by atoms with Crippen molar-refractivity contribution in [3.8, 4) is 6.07 Å². The first-order valence-corrected chi connectivity index (χ1v) is 8.39. The Morgan fingerprint density at radius 2 is 2.10 bits per heavy atom. The predicted molar refractivity (Wildman–Crippen MR) is 80.5 cm³/mol. The van der Waals surface area contributed by atoms with Gasteiger partial charge in [0.2, 0.25) is 5.91 Å². The van der Waals surface area contributed by atoms with Crippen molar-refractivity contribution in [3.63, 3.8) is 0 Å². The second-order valence-corrected chi connectivity index (χ2v) is 6.96. The van der Waals surface area contributed by atoms with E-state index in [0.29, 0.717) is 18.5 Å². The number of hydrogen-bond donors (Lipinski definition) is 2. The highest BCUT2D eigenvalue weighted by molar-refractivity contribution is 5.79. The van der Waals surface area contributed by atoms with Gasteiger partial charge in [-0.1, -0.05) is 19.3 Å². The van der Waals surface area contributed by atoms with Crippen molar-refractivity contribution in [1.29, 1.82) is 5.26 Å². The number of nitrogens with one attached hydrogen (secondary N) is 2. The molecule has 3 fully saturated rings. The normalized spacial score (nSPS) is 32.1. The monoisotopic (exact) mass is 290 g/mol. The number of hydrogen-bond acceptors (Lipinski definition) is 4. The van der Waals surface area contributed by atoms with Crippen molar-refractivity contribution in [2.75, 3.05) is 26.2 Å². The van der Waals surface area contributed by atoms with Gasteiger partial charge in [0.1, 0.15) is 5.54 Å². The molecule has 1 amide bonds. The van der Waals surface area contributed by atoms with Gasteiger partial charge in [0.25, 0.3) is 0 Å². The number of nitrogens with zero attached hydrogens (tertiary/aromatic N) is 2. The van der Waals surface area contributed by atoms with E-state index < -0.39 is 5.54 Å². The van der Waals surface area contributed by atoms with Crippen LogP contribution in [-0.2, 0) is 4.79 Å². The van der Waals surface area contributed by atoms with E-state index in [1.165, 1.54) is 19.3 Å². The molecular formula is C16H26N4O. The third-order valence-electron chi connectivity index (χ3n) is 5.34. The first-order valence-electron chi connectivity index (χ1n) is 8.39. The Morgan fingerprint density at radius 3 is 2.81 bits per heavy atom. The number of nitriles is 1. The summed E-state index contributed by atoms with van der Waals surface area (Å²) in [7, 11) is 0. The lowest BCUT2D eigenvalue weighted by molar-refractivity contribution is -0.123. The third-order valence-corrected chi connectivity index (χ3v) is 5.34. The fourth-order valence-corrected chi connectivity index (χ4v) is 4.19. The summed E-state index contributed by atoms with van der Waals surface area (Å²) in [5.74, 6) is 0.725. The number of likely N-dealkylation sites (tertiary alicyclic amines) is 1. The minimum absolute atomic E-state index is 0.0251. The molecule has 0 aromatic carbocycles. The van der Waals surface area contributed by atoms with E-state index in [1.54, 1.807) is 0 Å². The lowest BCUT2D eigenvalue weighted by Gasteiger charge is -2.32. The zero-order valence-electron chi connectivity index (χ0n) is 12.7. The molecule has 0 aromatic heterocycles. The van der Waals surface area contributed by atoms with Crippen LogP contribution in [0.25, 0.3) is 0 Å². The van der Waals surface area contributed by atoms with E-state index >= 15 is 0 Å². The SMILES string of the molecule is N#CC1(NC(=O)CN2CC3CCCNC3C2)CCCCC1. The van der Waals surface area contributed by atoms with Gasteiger partial charge in [0, 0.05) is 19.1 Å². The number of rotatable bonds is 3. The van der Waals surface area contributed by atoms with E-state index in [-0.39, 0.29) is 5.91 Å². The highest BCUT2D eigenvalue weighted by Crippen LogP contribution is 2.28. The highest BCUT2D eigenvalue weighted by Gasteiger charge is 2.37. The first kappa shape index (κ1) is 14.8. The van der Waals surface area contributed by atoms with E-state index in [1.807, 2.05) is 0 Å². The lowest BCUT2D eigenvalue weighted by Crippen LogP contribution is -2.51. The van der Waals surface area contributed by atoms with E-state index in [2.05, 4.69) is 21.6 Å². The molecule has 5 nitrogen and oxygen atoms in total. The molecule has 21 heavy (non-hydrogen) atoms. The molecule has 0 radical (unpaired) electrons. The molecule has 2 atom stereocenters. The summed E-state index contributed by atoms with van der Waals surface area (Å²) in [6.07, 6.45) is 7.42. The average Bonchev–Trinajstić information content (AvgIpc) is 2.90. The van der Waals surface area contributed by atoms with Gasteiger partial charge in [-0.05, 0) is 38.1 Å². The molecule has 3 aliphatic rings. The molecule has 2 saturated heterocycles. The third kappa shape index (κ3) is 3.38. The Balaban J connectivity index is 1.51. The Kier molecular flexibility index (Phi) is 4.46. The van der Waals surface area contributed by atoms with E-state index in [4.69, 9.17) is 0 Å². The summed E-state index contributed by atoms with van der Waals surface area (Å²) in [5, 5.41) is 16.0. The second-order valence-electron chi connectivity index (χ2n) is 6.96. The molecule has 3 rings (SSSR count). The van der Waals surface area contributed by atoms with Crippen molar-refractivity contribution in [2.24, 2.45) is 5.92 Å². The first-order chi connectivity index (χ1) is 10.2. The summed E-state index contributed by atoms with van der Waals surface area (Å²) in [5.41, 5.74) is -0.597. The van der Waals surface area contributed by atoms with Crippen LogP contribution in [0.1, 0.15) is 44.9 Å². The van der Waals surface area contributed by atoms with Crippen LogP contribution in [-0.4, -0.2) is 48.6 Å². The smallest absolute Gasteiger partial charge is 0.235 e. The van der Waals surface area contributed by atoms with Gasteiger partial charge < -0.3 is 10.6 Å². The number of amides is 1. The molecule has 2 aliphatic heterocycles. The van der Waals surface area contributed by atoms with E-state index in [0.717, 1.165) is 45.3 Å². The molecule has 2 heterocycles. The van der Waals surface area contributed by atoms with Crippen LogP contribution in [0, 0.1) is 17.2 Å². The van der Waals surface area contributed by atoms with Crippen LogP contribution in [0.4, 0.5) is 0 Å². The van der Waals surface area contributed by atoms with Crippen LogP contribution in [0.3, 0.4) is 0 Å². The maximum absolute atomic E-state index is 12.3. The van der Waals surface area contributed by atoms with Crippen molar-refractivity contribution >= 4 is 5.91 Å². The van der Waals surface area contributed by atoms with Crippen LogP contribution in [0.2, 0.25) is 0 Å². The van der Waals surface area contributed by atoms with Gasteiger partial charge in [-0.2, -0.15) is 5.26 Å². The van der Waals surface area contributed by atoms with Crippen molar-refractivity contribution < 1.29 is 4.79 Å². The predicted octanol–water partition coefficient (Wildman–Crippen LogP) is 1.01. The van der Waals surface area contributed by atoms with Gasteiger partial charge >= 0.3 is 0 Å². The Bertz CT molecular complexity index is 410. The molecule has 2 N–H and O–H groups in total. The minimum atomic E-state index is -0.597. The van der Waals surface area contributed by atoms with Crippen molar-refractivity contribution in [3.05, 3.63) is 0 Å². The Labute approximate surface area is 127 Å². The second kappa shape index (κ2) is 6.33. The number of piperidine rings is 1. The summed E-state index contributed by atoms with van der Waals surface area (Å²) < 4.78 is 0. The minimum Gasteiger partial charge on any atom is -0.337 e. The lowest BCUT2D eigenvalue weighted by atomic mass is 9.83. The molecular weight excluding hydrogens is 264 g/mol. The van der Waals surface area contributed by atoms with Gasteiger partial charge in [-0.15, -0.1) is 0 Å². The van der Waals surface area contributed by atoms with Gasteiger partial charge in [-0.3, -0.25) is 9.69 Å². The molecule has 0 spiro atoms. The van der Waals surface area contributed by atoms with Gasteiger partial charge in [0.05, 0.1) is 12.6 Å². The van der Waals surface area contributed by atoms with Gasteiger partial charge in [0.15, 0.2) is 0 Å². The number of fused-ring (bicyclic) bond motifs is 1. The van der Waals surface area contributed by atoms with Crippen molar-refractivity contribution in [1.82, 2.24) is 15.5 Å². The van der Waals surface area contributed by atoms with Crippen LogP contribution < -0.4 is 10.6 Å². The zero-order valence-corrected chi connectivity index (χ0v) is 12.7. The summed E-state index contributed by atoms with van der Waals surface area (Å²) in [6.45, 7) is 3.54. The maximum Gasteiger partial charge on any atom is 0.235 e. The highest BCUT2D eigenvalue weighted by atomic mass is 16.2. The molecule has 5 heteroatoms. The fourth-order valence-electron chi connectivity index (χ4n) is 4.19. The zero-order chi connectivity index (χ0) is 14.7. The Morgan fingerprint density at radius 1 is 1.29 bits per heavy atom.